The molecule has 0 aromatic heterocycles. The van der Waals surface area contributed by atoms with Crippen molar-refractivity contribution in [2.75, 3.05) is 10.6 Å². The molecule has 126 valence electrons. The Kier molecular flexibility index (Phi) is 5.25. The number of rotatable bonds is 3. The molecule has 0 unspecified atom stereocenters. The molecule has 0 atom stereocenters. The van der Waals surface area contributed by atoms with Crippen molar-refractivity contribution in [2.24, 2.45) is 0 Å². The lowest BCUT2D eigenvalue weighted by Gasteiger charge is -2.16. The minimum absolute atomic E-state index is 0.0644. The summed E-state index contributed by atoms with van der Waals surface area (Å²) in [6.45, 7) is 0. The molecule has 2 N–H and O–H groups in total. The van der Waals surface area contributed by atoms with E-state index in [2.05, 4.69) is 10.6 Å². The van der Waals surface area contributed by atoms with Gasteiger partial charge in [-0.05, 0) is 36.5 Å². The fourth-order valence-electron chi connectivity index (χ4n) is 1.84. The van der Waals surface area contributed by atoms with E-state index in [0.717, 1.165) is 12.1 Å². The topological polar surface area (TPSA) is 67.2 Å². The van der Waals surface area contributed by atoms with Gasteiger partial charge >= 0.3 is 6.18 Å². The number of hydrogen-bond acceptors (Lipinski definition) is 3. The van der Waals surface area contributed by atoms with Gasteiger partial charge in [-0.3, -0.25) is 10.1 Å². The largest absolute Gasteiger partial charge is 0.418 e. The summed E-state index contributed by atoms with van der Waals surface area (Å²) in [4.78, 5) is 10.1. The zero-order chi connectivity index (χ0) is 17.9. The van der Waals surface area contributed by atoms with Gasteiger partial charge in [-0.15, -0.1) is 0 Å². The molecule has 0 heterocycles. The number of halogens is 4. The van der Waals surface area contributed by atoms with Gasteiger partial charge in [0.2, 0.25) is 0 Å². The highest BCUT2D eigenvalue weighted by Gasteiger charge is 2.34. The fourth-order valence-corrected chi connectivity index (χ4v) is 2.24. The maximum Gasteiger partial charge on any atom is 0.418 e. The lowest BCUT2D eigenvalue weighted by molar-refractivity contribution is -0.384. The van der Waals surface area contributed by atoms with Crippen LogP contribution in [-0.2, 0) is 6.18 Å². The Morgan fingerprint density at radius 3 is 2.50 bits per heavy atom. The van der Waals surface area contributed by atoms with Crippen LogP contribution in [0.1, 0.15) is 5.56 Å². The maximum atomic E-state index is 13.0. The Bertz CT molecular complexity index is 799. The van der Waals surface area contributed by atoms with Crippen LogP contribution in [-0.4, -0.2) is 10.0 Å². The Labute approximate surface area is 144 Å². The van der Waals surface area contributed by atoms with E-state index in [4.69, 9.17) is 23.8 Å². The quantitative estimate of drug-likeness (QED) is 0.445. The van der Waals surface area contributed by atoms with Crippen molar-refractivity contribution in [3.63, 3.8) is 0 Å². The van der Waals surface area contributed by atoms with Crippen molar-refractivity contribution >= 4 is 46.0 Å². The van der Waals surface area contributed by atoms with Gasteiger partial charge in [-0.2, -0.15) is 13.2 Å². The molecule has 0 spiro atoms. The number of nitro groups is 1. The Morgan fingerprint density at radius 2 is 1.88 bits per heavy atom. The number of nitrogens with zero attached hydrogens (tertiary/aromatic N) is 1. The van der Waals surface area contributed by atoms with Gasteiger partial charge in [-0.1, -0.05) is 17.7 Å². The highest BCUT2D eigenvalue weighted by atomic mass is 35.5. The van der Waals surface area contributed by atoms with E-state index in [-0.39, 0.29) is 27.2 Å². The number of anilines is 2. The minimum atomic E-state index is -4.62. The smallest absolute Gasteiger partial charge is 0.332 e. The van der Waals surface area contributed by atoms with Crippen LogP contribution < -0.4 is 10.6 Å². The van der Waals surface area contributed by atoms with Gasteiger partial charge in [0.15, 0.2) is 5.11 Å². The summed E-state index contributed by atoms with van der Waals surface area (Å²) in [6, 6.07) is 8.62. The summed E-state index contributed by atoms with van der Waals surface area (Å²) in [5, 5.41) is 15.5. The van der Waals surface area contributed by atoms with Gasteiger partial charge in [-0.25, -0.2) is 0 Å². The third-order valence-corrected chi connectivity index (χ3v) is 3.29. The van der Waals surface area contributed by atoms with E-state index in [9.17, 15) is 23.3 Å². The van der Waals surface area contributed by atoms with Crippen molar-refractivity contribution in [3.8, 4) is 0 Å². The van der Waals surface area contributed by atoms with Gasteiger partial charge in [0.1, 0.15) is 0 Å². The minimum Gasteiger partial charge on any atom is -0.332 e. The summed E-state index contributed by atoms with van der Waals surface area (Å²) >= 11 is 10.5. The third kappa shape index (κ3) is 4.56. The first kappa shape index (κ1) is 18.0. The highest BCUT2D eigenvalue weighted by molar-refractivity contribution is 7.80. The van der Waals surface area contributed by atoms with Crippen LogP contribution >= 0.6 is 23.8 Å². The number of benzene rings is 2. The van der Waals surface area contributed by atoms with Crippen LogP contribution in [0.3, 0.4) is 0 Å². The Morgan fingerprint density at radius 1 is 1.17 bits per heavy atom. The molecule has 2 rings (SSSR count). The second-order valence-corrected chi connectivity index (χ2v) is 5.42. The van der Waals surface area contributed by atoms with Crippen molar-refractivity contribution in [1.29, 1.82) is 0 Å². The molecule has 0 radical (unpaired) electrons. The van der Waals surface area contributed by atoms with Crippen LogP contribution in [0.2, 0.25) is 5.02 Å². The van der Waals surface area contributed by atoms with Crippen LogP contribution in [0.15, 0.2) is 42.5 Å². The zero-order valence-corrected chi connectivity index (χ0v) is 13.3. The molecule has 0 amide bonds. The summed E-state index contributed by atoms with van der Waals surface area (Å²) in [6.07, 6.45) is -4.62. The van der Waals surface area contributed by atoms with Crippen LogP contribution in [0.5, 0.6) is 0 Å². The van der Waals surface area contributed by atoms with Crippen LogP contribution in [0.25, 0.3) is 0 Å². The summed E-state index contributed by atoms with van der Waals surface area (Å²) in [5.74, 6) is 0. The van der Waals surface area contributed by atoms with E-state index >= 15 is 0 Å². The van der Waals surface area contributed by atoms with Crippen molar-refractivity contribution < 1.29 is 18.1 Å². The lowest BCUT2D eigenvalue weighted by Crippen LogP contribution is -2.21. The maximum absolute atomic E-state index is 13.0. The van der Waals surface area contributed by atoms with Crippen molar-refractivity contribution in [1.82, 2.24) is 0 Å². The van der Waals surface area contributed by atoms with E-state index in [1.807, 2.05) is 0 Å². The SMILES string of the molecule is O=[N+]([O-])c1cccc(NC(=S)Nc2ccc(Cl)cc2C(F)(F)F)c1. The average molecular weight is 376 g/mol. The fraction of sp³-hybridized carbons (Fsp3) is 0.0714. The van der Waals surface area contributed by atoms with E-state index in [1.54, 1.807) is 0 Å². The van der Waals surface area contributed by atoms with E-state index in [1.165, 1.54) is 30.3 Å². The molecule has 0 aliphatic carbocycles. The van der Waals surface area contributed by atoms with Crippen molar-refractivity contribution in [3.05, 3.63) is 63.2 Å². The Balaban J connectivity index is 2.19. The molecular weight excluding hydrogens is 367 g/mol. The van der Waals surface area contributed by atoms with Gasteiger partial charge in [0.05, 0.1) is 16.2 Å². The van der Waals surface area contributed by atoms with Crippen molar-refractivity contribution in [2.45, 2.75) is 6.18 Å². The van der Waals surface area contributed by atoms with Gasteiger partial charge in [0, 0.05) is 22.8 Å². The molecule has 0 saturated carbocycles. The average Bonchev–Trinajstić information content (AvgIpc) is 2.48. The van der Waals surface area contributed by atoms with Crippen LogP contribution in [0, 0.1) is 10.1 Å². The number of alkyl halides is 3. The molecule has 24 heavy (non-hydrogen) atoms. The Hall–Kier alpha value is -2.39. The number of hydrogen-bond donors (Lipinski definition) is 2. The number of nitro benzene ring substituents is 1. The first-order chi connectivity index (χ1) is 11.2. The van der Waals surface area contributed by atoms with E-state index in [0.29, 0.717) is 0 Å². The number of nitrogens with one attached hydrogen (secondary N) is 2. The molecule has 2 aromatic carbocycles. The van der Waals surface area contributed by atoms with Gasteiger partial charge in [0.25, 0.3) is 5.69 Å². The first-order valence-corrected chi connectivity index (χ1v) is 7.14. The normalized spacial score (nSPS) is 11.0. The zero-order valence-electron chi connectivity index (χ0n) is 11.7. The monoisotopic (exact) mass is 375 g/mol. The molecule has 0 aliphatic rings. The number of non-ortho nitro benzene ring substituents is 1. The molecule has 5 nitrogen and oxygen atoms in total. The first-order valence-electron chi connectivity index (χ1n) is 6.36. The van der Waals surface area contributed by atoms with E-state index < -0.39 is 16.7 Å². The second kappa shape index (κ2) is 7.02. The summed E-state index contributed by atoms with van der Waals surface area (Å²) in [7, 11) is 0. The number of thiocarbonyl (C=S) groups is 1. The standard InChI is InChI=1S/C14H9ClF3N3O2S/c15-8-4-5-12(11(6-8)14(16,17)18)20-13(24)19-9-2-1-3-10(7-9)21(22)23/h1-7H,(H2,19,20,24). The molecule has 0 bridgehead atoms. The lowest BCUT2D eigenvalue weighted by atomic mass is 10.1. The molecular formula is C14H9ClF3N3O2S. The molecule has 2 aromatic rings. The predicted molar refractivity (Wildman–Crippen MR) is 89.4 cm³/mol. The summed E-state index contributed by atoms with van der Waals surface area (Å²) < 4.78 is 39.0. The van der Waals surface area contributed by atoms with Gasteiger partial charge < -0.3 is 10.6 Å². The third-order valence-electron chi connectivity index (χ3n) is 2.85. The highest BCUT2D eigenvalue weighted by Crippen LogP contribution is 2.36. The summed E-state index contributed by atoms with van der Waals surface area (Å²) in [5.41, 5.74) is -1.16. The molecule has 0 aliphatic heterocycles. The molecule has 0 saturated heterocycles. The molecule has 10 heteroatoms. The second-order valence-electron chi connectivity index (χ2n) is 4.57. The van der Waals surface area contributed by atoms with Crippen LogP contribution in [0.4, 0.5) is 30.2 Å². The molecule has 0 fully saturated rings. The predicted octanol–water partition coefficient (Wildman–Crippen LogP) is 5.08.